The number of aliphatic hydroxyl groups is 19. The average Bonchev–Trinajstić information content (AvgIpc) is 1.50. The Labute approximate surface area is 554 Å². The zero-order valence-electron chi connectivity index (χ0n) is 54.4. The van der Waals surface area contributed by atoms with Crippen LogP contribution in [0.3, 0.4) is 0 Å². The maximum Gasteiger partial charge on any atom is 0.187 e. The van der Waals surface area contributed by atoms with Crippen molar-refractivity contribution in [1.82, 2.24) is 0 Å². The van der Waals surface area contributed by atoms with Gasteiger partial charge in [-0.15, -0.1) is 0 Å². The molecule has 554 valence electrons. The van der Waals surface area contributed by atoms with E-state index < -0.39 is 235 Å². The van der Waals surface area contributed by atoms with Gasteiger partial charge in [0.25, 0.3) is 0 Å². The SMILES string of the molecule is C[C@@H]1CC[C@@]2(OC1)O[C@H]1C[C@H]3[C@@H]4CC[C@H]5C[C@@H](O[C@@H]6O[C@H](CO)[C@H](O[C@@H]7O[C@H](CO)[C@@H](O)[C@H](O[C@@H]8O[C@H](CO)[C@@H](O[C@@H]9O[C@@H](C)[C@H](O)[C@@H](O)[C@H]9O)[C@H](O)[C@H]8O)[C@H]7O[C@@H]7O[C@H](CO)[C@@H](O)[C@H](O[C@@H]8O[C@H](CO)[C@@H](O)[C@H](O)[C@H]8O)[C@H]7O)[C@H](O)[C@H]6O)CC[C@]5(C)[C@H]4C[C@@H](O)[C@]3(C)[C@H]1[C@@H]2C. The van der Waals surface area contributed by atoms with Crippen LogP contribution in [0.15, 0.2) is 0 Å². The highest BCUT2D eigenvalue weighted by Crippen LogP contribution is 2.71. The molecule has 0 amide bonds. The number of hydrogen-bond acceptors (Lipinski definition) is 33. The number of fused-ring (bicyclic) bond motifs is 7. The van der Waals surface area contributed by atoms with Gasteiger partial charge < -0.3 is 163 Å². The highest BCUT2D eigenvalue weighted by Gasteiger charge is 2.72. The van der Waals surface area contributed by atoms with Gasteiger partial charge in [0, 0.05) is 23.7 Å². The standard InChI is InChI=1S/C63H104O33/c1-21-8-11-63(83-20-21)22(2)36-29(96-63)13-28-26-7-6-24-12-25(9-10-61(24,4)27(26)14-35(69)62(28,36)5)85-56-47(80)43(76)51(34(19-68)89-56)92-60-54(95-59-49(82)52(39(72)31(16-65)87-59)93-57-46(79)42(75)38(71)30(15-64)86-57)53(40(73)32(17-66)88-60)94-58-48(81)44(77)50(33(18-67)90-58)91-55-45(78)41(74)37(70)23(3)84-55/h21-60,64-82H,6-20H2,1-5H3/t21-,22+,23+,24+,25+,26-,27+,28+,29+,30-,31-,32-,33-,34-,35-,36+,37+,38-,39-,40-,41-,42+,43-,44-,45-,46-,47-,48-,49-,50-,51+,52+,53+,54-,55+,56-,57+,58+,59+,60+,61+,62-,63-/m1/s1. The minimum absolute atomic E-state index is 0.00261. The Bertz CT molecular complexity index is 2540. The van der Waals surface area contributed by atoms with E-state index in [2.05, 4.69) is 27.7 Å². The molecule has 12 aliphatic rings. The minimum Gasteiger partial charge on any atom is -0.394 e. The fourth-order valence-electron chi connectivity index (χ4n) is 19.0. The summed E-state index contributed by atoms with van der Waals surface area (Å²) in [5, 5.41) is 212. The predicted molar refractivity (Wildman–Crippen MR) is 314 cm³/mol. The number of rotatable bonds is 17. The summed E-state index contributed by atoms with van der Waals surface area (Å²) in [6.45, 7) is 6.11. The van der Waals surface area contributed by atoms with Crippen LogP contribution in [0.25, 0.3) is 0 Å². The molecule has 8 saturated heterocycles. The molecule has 12 rings (SSSR count). The summed E-state index contributed by atoms with van der Waals surface area (Å²) in [4.78, 5) is 0. The lowest BCUT2D eigenvalue weighted by molar-refractivity contribution is -0.414. The first-order chi connectivity index (χ1) is 45.6. The molecule has 0 radical (unpaired) electrons. The van der Waals surface area contributed by atoms with Gasteiger partial charge in [-0.2, -0.15) is 0 Å². The second kappa shape index (κ2) is 29.3. The molecule has 0 unspecified atom stereocenters. The molecule has 0 aromatic heterocycles. The maximum atomic E-state index is 12.4. The molecule has 0 aromatic carbocycles. The van der Waals surface area contributed by atoms with Crippen molar-refractivity contribution in [1.29, 1.82) is 0 Å². The quantitative estimate of drug-likeness (QED) is 0.0602. The lowest BCUT2D eigenvalue weighted by atomic mass is 9.43. The van der Waals surface area contributed by atoms with Gasteiger partial charge >= 0.3 is 0 Å². The third-order valence-electron chi connectivity index (χ3n) is 24.7. The van der Waals surface area contributed by atoms with Crippen molar-refractivity contribution in [2.24, 2.45) is 52.3 Å². The number of aliphatic hydroxyl groups excluding tert-OH is 19. The Morgan fingerprint density at radius 1 is 0.396 bits per heavy atom. The second-order valence-corrected chi connectivity index (χ2v) is 30.0. The van der Waals surface area contributed by atoms with E-state index in [0.717, 1.165) is 38.5 Å². The van der Waals surface area contributed by atoms with E-state index in [-0.39, 0.29) is 46.5 Å². The summed E-state index contributed by atoms with van der Waals surface area (Å²) in [5.74, 6) is 1.12. The van der Waals surface area contributed by atoms with E-state index in [1.807, 2.05) is 0 Å². The molecule has 8 heterocycles. The summed E-state index contributed by atoms with van der Waals surface area (Å²) >= 11 is 0. The first-order valence-corrected chi connectivity index (χ1v) is 34.3. The zero-order valence-corrected chi connectivity index (χ0v) is 54.4. The van der Waals surface area contributed by atoms with Crippen molar-refractivity contribution in [3.8, 4) is 0 Å². The molecule has 43 atom stereocenters. The van der Waals surface area contributed by atoms with Crippen molar-refractivity contribution in [3.63, 3.8) is 0 Å². The van der Waals surface area contributed by atoms with Crippen molar-refractivity contribution in [2.75, 3.05) is 39.6 Å². The molecule has 4 saturated carbocycles. The summed E-state index contributed by atoms with van der Waals surface area (Å²) in [6, 6.07) is 0. The third-order valence-corrected chi connectivity index (χ3v) is 24.7. The molecule has 1 spiro atoms. The van der Waals surface area contributed by atoms with E-state index in [9.17, 15) is 97.0 Å². The molecule has 33 heteroatoms. The van der Waals surface area contributed by atoms with E-state index in [1.165, 1.54) is 6.92 Å². The second-order valence-electron chi connectivity index (χ2n) is 30.0. The zero-order chi connectivity index (χ0) is 69.1. The topological polar surface area (TPSA) is 514 Å². The van der Waals surface area contributed by atoms with Gasteiger partial charge in [-0.25, -0.2) is 0 Å². The Balaban J connectivity index is 0.766. The molecule has 33 nitrogen and oxygen atoms in total. The Kier molecular flexibility index (Phi) is 22.7. The lowest BCUT2D eigenvalue weighted by Crippen LogP contribution is -2.69. The average molecular weight is 1390 g/mol. The highest BCUT2D eigenvalue weighted by atomic mass is 16.8. The first kappa shape index (κ1) is 74.4. The molecule has 96 heavy (non-hydrogen) atoms. The van der Waals surface area contributed by atoms with E-state index >= 15 is 0 Å². The highest BCUT2D eigenvalue weighted by molar-refractivity contribution is 5.18. The monoisotopic (exact) mass is 1390 g/mol. The van der Waals surface area contributed by atoms with Gasteiger partial charge in [-0.3, -0.25) is 0 Å². The number of ether oxygens (including phenoxy) is 14. The van der Waals surface area contributed by atoms with Crippen molar-refractivity contribution >= 4 is 0 Å². The van der Waals surface area contributed by atoms with Crippen LogP contribution in [0.2, 0.25) is 0 Å². The smallest absolute Gasteiger partial charge is 0.187 e. The van der Waals surface area contributed by atoms with Gasteiger partial charge in [0.15, 0.2) is 43.5 Å². The van der Waals surface area contributed by atoms with Crippen LogP contribution in [0.1, 0.15) is 92.4 Å². The summed E-state index contributed by atoms with van der Waals surface area (Å²) in [6.07, 6.45) is -51.4. The molecular weight excluding hydrogens is 1280 g/mol. The van der Waals surface area contributed by atoms with Crippen molar-refractivity contribution in [2.45, 2.75) is 301 Å². The van der Waals surface area contributed by atoms with Gasteiger partial charge in [-0.1, -0.05) is 27.7 Å². The summed E-state index contributed by atoms with van der Waals surface area (Å²) in [7, 11) is 0. The largest absolute Gasteiger partial charge is 0.394 e. The van der Waals surface area contributed by atoms with E-state index in [4.69, 9.17) is 66.3 Å². The van der Waals surface area contributed by atoms with Crippen molar-refractivity contribution in [3.05, 3.63) is 0 Å². The first-order valence-electron chi connectivity index (χ1n) is 34.3. The van der Waals surface area contributed by atoms with Crippen LogP contribution in [0.5, 0.6) is 0 Å². The molecule has 19 N–H and O–H groups in total. The maximum absolute atomic E-state index is 12.4. The Morgan fingerprint density at radius 2 is 0.875 bits per heavy atom. The normalized spacial score (nSPS) is 57.6. The van der Waals surface area contributed by atoms with Gasteiger partial charge in [-0.05, 0) is 93.3 Å². The van der Waals surface area contributed by atoms with Crippen LogP contribution in [0.4, 0.5) is 0 Å². The van der Waals surface area contributed by atoms with Gasteiger partial charge in [0.2, 0.25) is 0 Å². The Hall–Kier alpha value is -1.32. The van der Waals surface area contributed by atoms with Crippen molar-refractivity contribution < 1.29 is 163 Å². The predicted octanol–water partition coefficient (Wildman–Crippen LogP) is -7.26. The van der Waals surface area contributed by atoms with Crippen LogP contribution < -0.4 is 0 Å². The number of hydrogen-bond donors (Lipinski definition) is 19. The third kappa shape index (κ3) is 13.0. The molecule has 0 bridgehead atoms. The van der Waals surface area contributed by atoms with Gasteiger partial charge in [0.05, 0.1) is 64.1 Å². The van der Waals surface area contributed by atoms with Crippen LogP contribution in [-0.2, 0) is 66.3 Å². The molecule has 4 aliphatic carbocycles. The molecule has 8 aliphatic heterocycles. The van der Waals surface area contributed by atoms with Crippen LogP contribution in [0, 0.1) is 52.3 Å². The van der Waals surface area contributed by atoms with Crippen LogP contribution in [-0.4, -0.2) is 345 Å². The van der Waals surface area contributed by atoms with E-state index in [0.29, 0.717) is 37.7 Å². The lowest BCUT2D eigenvalue weighted by Gasteiger charge is -2.62. The molecule has 12 fully saturated rings. The minimum atomic E-state index is -2.29. The van der Waals surface area contributed by atoms with Crippen LogP contribution >= 0.6 is 0 Å². The summed E-state index contributed by atoms with van der Waals surface area (Å²) < 4.78 is 85.5. The molecule has 0 aromatic rings. The fraction of sp³-hybridized carbons (Fsp3) is 1.00. The summed E-state index contributed by atoms with van der Waals surface area (Å²) in [5.41, 5.74) is -0.514. The fourth-order valence-corrected chi connectivity index (χ4v) is 19.0. The Morgan fingerprint density at radius 3 is 1.46 bits per heavy atom. The molecular formula is C63H104O33. The van der Waals surface area contributed by atoms with E-state index in [1.54, 1.807) is 0 Å². The van der Waals surface area contributed by atoms with Gasteiger partial charge in [0.1, 0.15) is 140 Å².